The largest absolute Gasteiger partial charge is 0.464 e. The molecule has 0 spiro atoms. The van der Waals surface area contributed by atoms with Gasteiger partial charge in [-0.25, -0.2) is 14.5 Å². The van der Waals surface area contributed by atoms with Gasteiger partial charge in [0.2, 0.25) is 11.8 Å². The topological polar surface area (TPSA) is 102 Å². The van der Waals surface area contributed by atoms with Gasteiger partial charge in [0.1, 0.15) is 5.60 Å². The van der Waals surface area contributed by atoms with Crippen LogP contribution in [0.3, 0.4) is 0 Å². The van der Waals surface area contributed by atoms with Crippen molar-refractivity contribution in [2.75, 3.05) is 27.3 Å². The Kier molecular flexibility index (Phi) is 10.5. The van der Waals surface area contributed by atoms with E-state index < -0.39 is 46.9 Å². The van der Waals surface area contributed by atoms with Gasteiger partial charge in [-0.2, -0.15) is 0 Å². The first kappa shape index (κ1) is 30.5. The molecule has 0 aromatic rings. The van der Waals surface area contributed by atoms with Crippen molar-refractivity contribution in [3.05, 3.63) is 25.3 Å². The molecule has 2 saturated carbocycles. The van der Waals surface area contributed by atoms with Crippen molar-refractivity contribution in [2.45, 2.75) is 83.5 Å². The molecular formula is C28H44N2O7. The molecular weight excluding hydrogens is 476 g/mol. The predicted octanol–water partition coefficient (Wildman–Crippen LogP) is 4.11. The van der Waals surface area contributed by atoms with Gasteiger partial charge in [-0.1, -0.05) is 12.2 Å². The van der Waals surface area contributed by atoms with E-state index in [9.17, 15) is 19.2 Å². The van der Waals surface area contributed by atoms with E-state index in [-0.39, 0.29) is 31.5 Å². The molecule has 2 aliphatic carbocycles. The van der Waals surface area contributed by atoms with Crippen molar-refractivity contribution in [1.29, 1.82) is 0 Å². The van der Waals surface area contributed by atoms with Gasteiger partial charge in [0.25, 0.3) is 0 Å². The zero-order valence-electron chi connectivity index (χ0n) is 23.3. The average molecular weight is 521 g/mol. The summed E-state index contributed by atoms with van der Waals surface area (Å²) in [6, 6.07) is 0. The number of rotatable bonds is 12. The van der Waals surface area contributed by atoms with Gasteiger partial charge in [-0.05, 0) is 66.2 Å². The van der Waals surface area contributed by atoms with Gasteiger partial charge in [-0.3, -0.25) is 9.59 Å². The Morgan fingerprint density at radius 2 is 1.68 bits per heavy atom. The van der Waals surface area contributed by atoms with E-state index in [1.807, 2.05) is 6.08 Å². The Balaban J connectivity index is 2.42. The van der Waals surface area contributed by atoms with Crippen molar-refractivity contribution >= 4 is 23.9 Å². The van der Waals surface area contributed by atoms with Crippen molar-refractivity contribution in [1.82, 2.24) is 9.80 Å². The van der Waals surface area contributed by atoms with Crippen molar-refractivity contribution < 1.29 is 33.4 Å². The molecule has 2 aliphatic rings. The quantitative estimate of drug-likeness (QED) is 0.217. The molecule has 0 saturated heterocycles. The molecule has 0 heterocycles. The number of methoxy groups -OCH3 is 1. The second-order valence-electron chi connectivity index (χ2n) is 10.9. The van der Waals surface area contributed by atoms with Crippen LogP contribution in [0.25, 0.3) is 0 Å². The molecule has 9 heteroatoms. The molecule has 208 valence electrons. The molecule has 0 aliphatic heterocycles. The van der Waals surface area contributed by atoms with E-state index in [1.165, 1.54) is 0 Å². The maximum absolute atomic E-state index is 14.2. The first-order valence-corrected chi connectivity index (χ1v) is 13.1. The molecule has 0 aromatic carbocycles. The van der Waals surface area contributed by atoms with Crippen molar-refractivity contribution in [3.63, 3.8) is 0 Å². The van der Waals surface area contributed by atoms with Crippen LogP contribution in [-0.4, -0.2) is 78.2 Å². The smallest absolute Gasteiger partial charge is 0.418 e. The zero-order valence-corrected chi connectivity index (χ0v) is 23.3. The van der Waals surface area contributed by atoms with E-state index in [0.29, 0.717) is 13.0 Å². The van der Waals surface area contributed by atoms with E-state index in [4.69, 9.17) is 14.2 Å². The number of carbonyl (C=O) groups is 4. The Labute approximate surface area is 221 Å². The lowest BCUT2D eigenvalue weighted by Crippen LogP contribution is -2.56. The summed E-state index contributed by atoms with van der Waals surface area (Å²) >= 11 is 0. The van der Waals surface area contributed by atoms with Crippen LogP contribution in [0.2, 0.25) is 0 Å². The summed E-state index contributed by atoms with van der Waals surface area (Å²) in [6.45, 7) is 14.9. The van der Waals surface area contributed by atoms with Gasteiger partial charge >= 0.3 is 12.1 Å². The number of amides is 3. The molecule has 0 unspecified atom stereocenters. The Morgan fingerprint density at radius 3 is 2.16 bits per heavy atom. The van der Waals surface area contributed by atoms with E-state index in [2.05, 4.69) is 13.2 Å². The Hall–Kier alpha value is -2.68. The number of hydrogen-bond donors (Lipinski definition) is 0. The molecule has 9 nitrogen and oxygen atoms in total. The monoisotopic (exact) mass is 520 g/mol. The number of allylic oxidation sites excluding steroid dienone is 1. The minimum Gasteiger partial charge on any atom is -0.464 e. The van der Waals surface area contributed by atoms with Crippen molar-refractivity contribution in [3.8, 4) is 0 Å². The Morgan fingerprint density at radius 1 is 1.05 bits per heavy atom. The number of hydrogen-bond acceptors (Lipinski definition) is 7. The molecule has 0 bridgehead atoms. The third-order valence-electron chi connectivity index (χ3n) is 7.11. The SMILES string of the molecule is C=CCCCCN(C)C(=O)[C@@H]1C[C@H](OC)C[C@H]1C(=O)N(C(=O)OC(C)(C)C)[C@]1(C(=O)OCC)C[C@H]1C=C. The highest BCUT2D eigenvalue weighted by molar-refractivity contribution is 6.03. The van der Waals surface area contributed by atoms with Crippen LogP contribution in [0.5, 0.6) is 0 Å². The molecule has 2 rings (SSSR count). The average Bonchev–Trinajstić information content (AvgIpc) is 3.40. The lowest BCUT2D eigenvalue weighted by Gasteiger charge is -2.34. The van der Waals surface area contributed by atoms with Gasteiger partial charge in [0, 0.05) is 26.6 Å². The molecule has 0 aromatic heterocycles. The first-order valence-electron chi connectivity index (χ1n) is 13.1. The van der Waals surface area contributed by atoms with Crippen LogP contribution >= 0.6 is 0 Å². The predicted molar refractivity (Wildman–Crippen MR) is 139 cm³/mol. The van der Waals surface area contributed by atoms with Crippen LogP contribution in [0.4, 0.5) is 4.79 Å². The highest BCUT2D eigenvalue weighted by Gasteiger charge is 2.69. The Bertz CT molecular complexity index is 880. The molecule has 2 fully saturated rings. The number of unbranched alkanes of at least 4 members (excludes halogenated alkanes) is 2. The van der Waals surface area contributed by atoms with Gasteiger partial charge in [0.05, 0.1) is 24.5 Å². The summed E-state index contributed by atoms with van der Waals surface area (Å²) < 4.78 is 16.4. The zero-order chi connectivity index (χ0) is 28.0. The van der Waals surface area contributed by atoms with E-state index >= 15 is 0 Å². The van der Waals surface area contributed by atoms with Crippen LogP contribution in [0.1, 0.15) is 66.2 Å². The lowest BCUT2D eigenvalue weighted by atomic mass is 9.92. The fraction of sp³-hybridized carbons (Fsp3) is 0.714. The minimum absolute atomic E-state index is 0.0910. The molecule has 5 atom stereocenters. The third-order valence-corrected chi connectivity index (χ3v) is 7.11. The lowest BCUT2D eigenvalue weighted by molar-refractivity contribution is -0.159. The summed E-state index contributed by atoms with van der Waals surface area (Å²) in [6.07, 6.45) is 5.52. The molecule has 0 N–H and O–H groups in total. The number of carbonyl (C=O) groups excluding carboxylic acids is 4. The van der Waals surface area contributed by atoms with Gasteiger partial charge in [-0.15, -0.1) is 13.2 Å². The second kappa shape index (κ2) is 12.7. The molecule has 37 heavy (non-hydrogen) atoms. The normalized spacial score (nSPS) is 26.6. The van der Waals surface area contributed by atoms with Crippen LogP contribution in [0.15, 0.2) is 25.3 Å². The van der Waals surface area contributed by atoms with Crippen LogP contribution in [-0.2, 0) is 28.6 Å². The second-order valence-corrected chi connectivity index (χ2v) is 10.9. The number of imide groups is 1. The van der Waals surface area contributed by atoms with E-state index in [0.717, 1.165) is 24.2 Å². The summed E-state index contributed by atoms with van der Waals surface area (Å²) in [5.74, 6) is -3.48. The standard InChI is InChI=1S/C28H44N2O7/c1-9-12-13-14-15-29(7)23(31)21-16-20(35-8)17-22(21)24(32)30(26(34)37-27(4,5)6)28(18-19(28)10-2)25(33)36-11-3/h9-10,19-22H,1-2,11-18H2,3-8H3/t19-,20+,21-,22-,28-/m1/s1. The van der Waals surface area contributed by atoms with Gasteiger partial charge in [0.15, 0.2) is 5.54 Å². The third kappa shape index (κ3) is 7.00. The van der Waals surface area contributed by atoms with Crippen LogP contribution < -0.4 is 0 Å². The minimum atomic E-state index is -1.54. The number of esters is 1. The van der Waals surface area contributed by atoms with E-state index in [1.54, 1.807) is 52.8 Å². The van der Waals surface area contributed by atoms with Crippen LogP contribution in [0, 0.1) is 17.8 Å². The molecule has 3 amide bonds. The highest BCUT2D eigenvalue weighted by Crippen LogP contribution is 2.52. The maximum Gasteiger partial charge on any atom is 0.418 e. The number of ether oxygens (including phenoxy) is 3. The molecule has 0 radical (unpaired) electrons. The number of nitrogens with zero attached hydrogens (tertiary/aromatic N) is 2. The van der Waals surface area contributed by atoms with Crippen molar-refractivity contribution in [2.24, 2.45) is 17.8 Å². The fourth-order valence-electron chi connectivity index (χ4n) is 5.08. The highest BCUT2D eigenvalue weighted by atomic mass is 16.6. The first-order chi connectivity index (χ1) is 17.4. The summed E-state index contributed by atoms with van der Waals surface area (Å²) in [4.78, 5) is 56.9. The summed E-state index contributed by atoms with van der Waals surface area (Å²) in [7, 11) is 3.26. The fourth-order valence-corrected chi connectivity index (χ4v) is 5.08. The van der Waals surface area contributed by atoms with Gasteiger partial charge < -0.3 is 19.1 Å². The maximum atomic E-state index is 14.2. The summed E-state index contributed by atoms with van der Waals surface area (Å²) in [5.41, 5.74) is -2.44. The summed E-state index contributed by atoms with van der Waals surface area (Å²) in [5, 5.41) is 0.